The second-order valence-corrected chi connectivity index (χ2v) is 4.73. The number of aryl methyl sites for hydroxylation is 2. The fraction of sp³-hybridized carbons (Fsp3) is 0.167. The molecule has 0 radical (unpaired) electrons. The van der Waals surface area contributed by atoms with Gasteiger partial charge < -0.3 is 11.1 Å². The number of carbonyl (C=O) groups is 1. The third-order valence-corrected chi connectivity index (χ3v) is 3.48. The molecule has 0 bridgehead atoms. The Hall–Kier alpha value is -1.88. The number of anilines is 2. The largest absolute Gasteiger partial charge is 0.397 e. The van der Waals surface area contributed by atoms with Crippen molar-refractivity contribution >= 4 is 28.7 Å². The van der Waals surface area contributed by atoms with Crippen LogP contribution in [-0.2, 0) is 0 Å². The molecule has 2 rings (SSSR count). The molecule has 88 valence electrons. The summed E-state index contributed by atoms with van der Waals surface area (Å²) in [6.45, 7) is 3.79. The Bertz CT molecular complexity index is 563. The fourth-order valence-electron chi connectivity index (χ4n) is 1.41. The first-order valence-electron chi connectivity index (χ1n) is 5.15. The smallest absolute Gasteiger partial charge is 0.267 e. The van der Waals surface area contributed by atoms with Crippen LogP contribution < -0.4 is 11.1 Å². The number of hydrogen-bond donors (Lipinski definition) is 2. The molecule has 0 aliphatic carbocycles. The minimum Gasteiger partial charge on any atom is -0.397 e. The lowest BCUT2D eigenvalue weighted by Crippen LogP contribution is -2.12. The summed E-state index contributed by atoms with van der Waals surface area (Å²) in [5.41, 5.74) is 8.16. The summed E-state index contributed by atoms with van der Waals surface area (Å²) in [5, 5.41) is 4.65. The third-order valence-electron chi connectivity index (χ3n) is 2.46. The second kappa shape index (κ2) is 4.55. The van der Waals surface area contributed by atoms with E-state index in [4.69, 9.17) is 5.73 Å². The summed E-state index contributed by atoms with van der Waals surface area (Å²) in [6, 6.07) is 3.68. The van der Waals surface area contributed by atoms with Crippen molar-refractivity contribution in [3.8, 4) is 0 Å². The molecule has 17 heavy (non-hydrogen) atoms. The molecule has 0 saturated heterocycles. The van der Waals surface area contributed by atoms with Gasteiger partial charge in [-0.05, 0) is 42.5 Å². The highest BCUT2D eigenvalue weighted by atomic mass is 32.1. The standard InChI is InChI=1S/C12H13N3OS/c1-7-3-4-17-11(7)12(16)15-10-5-8(2)9(13)6-14-10/h3-6H,13H2,1-2H3,(H,14,15,16). The predicted molar refractivity (Wildman–Crippen MR) is 70.4 cm³/mol. The van der Waals surface area contributed by atoms with Crippen LogP contribution >= 0.6 is 11.3 Å². The Kier molecular flexibility index (Phi) is 3.10. The van der Waals surface area contributed by atoms with E-state index >= 15 is 0 Å². The number of aromatic nitrogens is 1. The number of thiophene rings is 1. The number of nitrogens with one attached hydrogen (secondary N) is 1. The summed E-state index contributed by atoms with van der Waals surface area (Å²) in [4.78, 5) is 16.7. The van der Waals surface area contributed by atoms with Gasteiger partial charge in [-0.3, -0.25) is 4.79 Å². The fourth-order valence-corrected chi connectivity index (χ4v) is 2.23. The molecule has 4 nitrogen and oxygen atoms in total. The average Bonchev–Trinajstić information content (AvgIpc) is 2.70. The topological polar surface area (TPSA) is 68.0 Å². The molecule has 0 aromatic carbocycles. The second-order valence-electron chi connectivity index (χ2n) is 3.81. The van der Waals surface area contributed by atoms with Gasteiger partial charge in [0.25, 0.3) is 5.91 Å². The van der Waals surface area contributed by atoms with Crippen LogP contribution in [0.15, 0.2) is 23.7 Å². The van der Waals surface area contributed by atoms with E-state index in [0.717, 1.165) is 11.1 Å². The molecule has 0 saturated carbocycles. The van der Waals surface area contributed by atoms with Crippen LogP contribution in [0.3, 0.4) is 0 Å². The number of nitrogens with two attached hydrogens (primary N) is 1. The molecule has 0 atom stereocenters. The van der Waals surface area contributed by atoms with Crippen molar-refractivity contribution in [1.29, 1.82) is 0 Å². The van der Waals surface area contributed by atoms with Crippen LogP contribution in [-0.4, -0.2) is 10.9 Å². The molecule has 0 unspecified atom stereocenters. The quantitative estimate of drug-likeness (QED) is 0.857. The first-order valence-corrected chi connectivity index (χ1v) is 6.03. The highest BCUT2D eigenvalue weighted by molar-refractivity contribution is 7.12. The lowest BCUT2D eigenvalue weighted by Gasteiger charge is -2.05. The van der Waals surface area contributed by atoms with Crippen LogP contribution in [0.25, 0.3) is 0 Å². The number of pyridine rings is 1. The van der Waals surface area contributed by atoms with Crippen molar-refractivity contribution in [2.24, 2.45) is 0 Å². The molecule has 0 fully saturated rings. The van der Waals surface area contributed by atoms with Crippen LogP contribution in [0.2, 0.25) is 0 Å². The van der Waals surface area contributed by atoms with E-state index in [2.05, 4.69) is 10.3 Å². The molecule has 0 spiro atoms. The van der Waals surface area contributed by atoms with Gasteiger partial charge in [-0.2, -0.15) is 0 Å². The number of rotatable bonds is 2. The Balaban J connectivity index is 2.19. The maximum absolute atomic E-state index is 11.9. The zero-order valence-corrected chi connectivity index (χ0v) is 10.5. The number of carbonyl (C=O) groups excluding carboxylic acids is 1. The van der Waals surface area contributed by atoms with E-state index in [1.165, 1.54) is 11.3 Å². The maximum Gasteiger partial charge on any atom is 0.267 e. The van der Waals surface area contributed by atoms with Crippen molar-refractivity contribution < 1.29 is 4.79 Å². The Morgan fingerprint density at radius 1 is 1.41 bits per heavy atom. The SMILES string of the molecule is Cc1cc(NC(=O)c2sccc2C)ncc1N. The van der Waals surface area contributed by atoms with E-state index < -0.39 is 0 Å². The summed E-state index contributed by atoms with van der Waals surface area (Å²) >= 11 is 1.42. The highest BCUT2D eigenvalue weighted by Gasteiger charge is 2.11. The van der Waals surface area contributed by atoms with Gasteiger partial charge in [-0.15, -0.1) is 11.3 Å². The lowest BCUT2D eigenvalue weighted by atomic mass is 10.2. The summed E-state index contributed by atoms with van der Waals surface area (Å²) < 4.78 is 0. The molecule has 2 aromatic heterocycles. The van der Waals surface area contributed by atoms with Gasteiger partial charge in [0.1, 0.15) is 5.82 Å². The van der Waals surface area contributed by atoms with Crippen molar-refractivity contribution in [3.63, 3.8) is 0 Å². The van der Waals surface area contributed by atoms with E-state index in [-0.39, 0.29) is 5.91 Å². The van der Waals surface area contributed by atoms with Crippen molar-refractivity contribution in [1.82, 2.24) is 4.98 Å². The van der Waals surface area contributed by atoms with Crippen LogP contribution in [0.4, 0.5) is 11.5 Å². The molecule has 2 aromatic rings. The van der Waals surface area contributed by atoms with Crippen molar-refractivity contribution in [2.45, 2.75) is 13.8 Å². The monoisotopic (exact) mass is 247 g/mol. The van der Waals surface area contributed by atoms with E-state index in [0.29, 0.717) is 16.4 Å². The average molecular weight is 247 g/mol. The van der Waals surface area contributed by atoms with Gasteiger partial charge in [0, 0.05) is 0 Å². The molecular weight excluding hydrogens is 234 g/mol. The van der Waals surface area contributed by atoms with Gasteiger partial charge in [-0.25, -0.2) is 4.98 Å². The summed E-state index contributed by atoms with van der Waals surface area (Å²) in [7, 11) is 0. The lowest BCUT2D eigenvalue weighted by molar-refractivity contribution is 0.102. The first kappa shape index (κ1) is 11.6. The van der Waals surface area contributed by atoms with Crippen LogP contribution in [0.5, 0.6) is 0 Å². The number of amides is 1. The predicted octanol–water partition coefficient (Wildman–Crippen LogP) is 2.59. The minimum atomic E-state index is -0.130. The summed E-state index contributed by atoms with van der Waals surface area (Å²) in [6.07, 6.45) is 1.55. The number of hydrogen-bond acceptors (Lipinski definition) is 4. The molecule has 0 aliphatic heterocycles. The van der Waals surface area contributed by atoms with E-state index in [1.54, 1.807) is 12.3 Å². The van der Waals surface area contributed by atoms with E-state index in [1.807, 2.05) is 25.3 Å². The van der Waals surface area contributed by atoms with Gasteiger partial charge in [0.05, 0.1) is 16.8 Å². The van der Waals surface area contributed by atoms with Gasteiger partial charge in [0.15, 0.2) is 0 Å². The Labute approximate surface area is 103 Å². The van der Waals surface area contributed by atoms with Gasteiger partial charge in [0.2, 0.25) is 0 Å². The minimum absolute atomic E-state index is 0.130. The molecule has 5 heteroatoms. The molecule has 3 N–H and O–H groups in total. The highest BCUT2D eigenvalue weighted by Crippen LogP contribution is 2.18. The van der Waals surface area contributed by atoms with Crippen LogP contribution in [0.1, 0.15) is 20.8 Å². The number of nitrogens with zero attached hydrogens (tertiary/aromatic N) is 1. The van der Waals surface area contributed by atoms with Crippen molar-refractivity contribution in [3.05, 3.63) is 39.7 Å². The Morgan fingerprint density at radius 3 is 2.76 bits per heavy atom. The van der Waals surface area contributed by atoms with Gasteiger partial charge >= 0.3 is 0 Å². The molecular formula is C12H13N3OS. The normalized spacial score (nSPS) is 10.2. The summed E-state index contributed by atoms with van der Waals surface area (Å²) in [5.74, 6) is 0.392. The molecule has 0 aliphatic rings. The third kappa shape index (κ3) is 2.45. The number of nitrogen functional groups attached to an aromatic ring is 1. The van der Waals surface area contributed by atoms with Gasteiger partial charge in [-0.1, -0.05) is 0 Å². The van der Waals surface area contributed by atoms with E-state index in [9.17, 15) is 4.79 Å². The van der Waals surface area contributed by atoms with Crippen LogP contribution in [0, 0.1) is 13.8 Å². The molecule has 1 amide bonds. The zero-order valence-electron chi connectivity index (χ0n) is 9.65. The maximum atomic E-state index is 11.9. The van der Waals surface area contributed by atoms with Crippen molar-refractivity contribution in [2.75, 3.05) is 11.1 Å². The molecule has 2 heterocycles. The zero-order chi connectivity index (χ0) is 12.4. The Morgan fingerprint density at radius 2 is 2.18 bits per heavy atom. The first-order chi connectivity index (χ1) is 8.08.